The minimum atomic E-state index is -1.32. The maximum atomic E-state index is 12.7. The number of ketones is 1. The van der Waals surface area contributed by atoms with Gasteiger partial charge in [0.1, 0.15) is 11.9 Å². The molecule has 140 valence electrons. The Kier molecular flexibility index (Phi) is 3.39. The van der Waals surface area contributed by atoms with Crippen LogP contribution in [0.1, 0.15) is 65.2 Å². The fraction of sp³-hybridized carbons (Fsp3) is 0.952. The molecule has 2 N–H and O–H groups in total. The quantitative estimate of drug-likeness (QED) is 0.765. The minimum absolute atomic E-state index is 0.0333. The summed E-state index contributed by atoms with van der Waals surface area (Å²) in [6, 6.07) is 0. The first-order chi connectivity index (χ1) is 11.8. The molecule has 1 heterocycles. The lowest BCUT2D eigenvalue weighted by atomic mass is 9.44. The van der Waals surface area contributed by atoms with E-state index in [0.29, 0.717) is 48.9 Å². The molecule has 9 atom stereocenters. The van der Waals surface area contributed by atoms with Crippen LogP contribution in [0, 0.1) is 40.4 Å². The highest BCUT2D eigenvalue weighted by molar-refractivity contribution is 5.84. The number of aliphatic hydroxyl groups excluding tert-OH is 1. The summed E-state index contributed by atoms with van der Waals surface area (Å²) in [5, 5.41) is 21.1. The van der Waals surface area contributed by atoms with Crippen molar-refractivity contribution in [3.05, 3.63) is 0 Å². The highest BCUT2D eigenvalue weighted by Crippen LogP contribution is 2.69. The number of ether oxygens (including phenoxy) is 1. The zero-order valence-corrected chi connectivity index (χ0v) is 15.5. The Morgan fingerprint density at radius 2 is 2.04 bits per heavy atom. The van der Waals surface area contributed by atoms with Gasteiger partial charge >= 0.3 is 0 Å². The van der Waals surface area contributed by atoms with Crippen molar-refractivity contribution in [2.24, 2.45) is 40.4 Å². The maximum absolute atomic E-state index is 12.7. The third-order valence-electron chi connectivity index (χ3n) is 9.49. The van der Waals surface area contributed by atoms with Gasteiger partial charge in [-0.25, -0.2) is 0 Å². The van der Waals surface area contributed by atoms with E-state index in [-0.39, 0.29) is 16.7 Å². The van der Waals surface area contributed by atoms with Crippen molar-refractivity contribution >= 4 is 5.78 Å². The summed E-state index contributed by atoms with van der Waals surface area (Å²) in [6.45, 7) is 5.15. The van der Waals surface area contributed by atoms with Crippen molar-refractivity contribution in [2.45, 2.75) is 77.1 Å². The molecule has 1 saturated heterocycles. The van der Waals surface area contributed by atoms with Crippen LogP contribution in [0.25, 0.3) is 0 Å². The SMILES string of the molecule is CC[C@H]1C(=O)CC2C3CCC4C[C@@H](O)[C@@]5(O)C[C@]4(CO5)C3CC[C@@]21C. The van der Waals surface area contributed by atoms with Crippen LogP contribution in [-0.4, -0.2) is 34.5 Å². The molecular formula is C21H32O4. The smallest absolute Gasteiger partial charge is 0.192 e. The van der Waals surface area contributed by atoms with Gasteiger partial charge in [0.2, 0.25) is 0 Å². The van der Waals surface area contributed by atoms with Crippen LogP contribution in [0.4, 0.5) is 0 Å². The number of hydrogen-bond donors (Lipinski definition) is 2. The summed E-state index contributed by atoms with van der Waals surface area (Å²) < 4.78 is 5.82. The lowest BCUT2D eigenvalue weighted by Gasteiger charge is -2.60. The van der Waals surface area contributed by atoms with Crippen LogP contribution in [0.2, 0.25) is 0 Å². The van der Waals surface area contributed by atoms with E-state index in [1.54, 1.807) is 0 Å². The molecule has 1 aliphatic heterocycles. The van der Waals surface area contributed by atoms with Crippen LogP contribution in [0.15, 0.2) is 0 Å². The van der Waals surface area contributed by atoms with Crippen molar-refractivity contribution in [3.8, 4) is 0 Å². The van der Waals surface area contributed by atoms with Gasteiger partial charge in [-0.2, -0.15) is 0 Å². The Morgan fingerprint density at radius 3 is 2.80 bits per heavy atom. The van der Waals surface area contributed by atoms with Gasteiger partial charge in [0, 0.05) is 24.2 Å². The number of hydrogen-bond acceptors (Lipinski definition) is 4. The largest absolute Gasteiger partial charge is 0.388 e. The molecule has 0 radical (unpaired) electrons. The van der Waals surface area contributed by atoms with Gasteiger partial charge in [-0.1, -0.05) is 13.8 Å². The molecule has 5 rings (SSSR count). The molecule has 0 aromatic rings. The lowest BCUT2D eigenvalue weighted by molar-refractivity contribution is -0.242. The zero-order valence-electron chi connectivity index (χ0n) is 15.5. The molecule has 0 aromatic heterocycles. The Labute approximate surface area is 150 Å². The minimum Gasteiger partial charge on any atom is -0.388 e. The lowest BCUT2D eigenvalue weighted by Crippen LogP contribution is -2.58. The first-order valence-corrected chi connectivity index (χ1v) is 10.4. The van der Waals surface area contributed by atoms with Crippen molar-refractivity contribution < 1.29 is 19.7 Å². The predicted octanol–water partition coefficient (Wildman–Crippen LogP) is 2.90. The molecule has 5 fully saturated rings. The van der Waals surface area contributed by atoms with Crippen LogP contribution >= 0.6 is 0 Å². The molecule has 4 heteroatoms. The fourth-order valence-electron chi connectivity index (χ4n) is 8.33. The number of fused-ring (bicyclic) bond motifs is 4. The molecule has 4 unspecified atom stereocenters. The second kappa shape index (κ2) is 5.08. The second-order valence-corrected chi connectivity index (χ2v) is 10.1. The number of rotatable bonds is 1. The maximum Gasteiger partial charge on any atom is 0.192 e. The topological polar surface area (TPSA) is 66.8 Å². The van der Waals surface area contributed by atoms with Gasteiger partial charge < -0.3 is 14.9 Å². The standard InChI is InChI=1S/C21H32O4/c1-3-14-17(22)9-16-13-5-4-12-8-18(23)21(24)10-20(12,11-25-21)15(13)6-7-19(14,16)2/h12-16,18,23-24H,3-11H2,1-2H3/t12?,13?,14-,15?,16?,18+,19+,20+,21+/m0/s1. The van der Waals surface area contributed by atoms with Crippen LogP contribution in [0.5, 0.6) is 0 Å². The second-order valence-electron chi connectivity index (χ2n) is 10.1. The van der Waals surface area contributed by atoms with Gasteiger partial charge in [0.25, 0.3) is 0 Å². The van der Waals surface area contributed by atoms with Crippen molar-refractivity contribution in [1.29, 1.82) is 0 Å². The van der Waals surface area contributed by atoms with E-state index in [9.17, 15) is 15.0 Å². The van der Waals surface area contributed by atoms with Crippen molar-refractivity contribution in [3.63, 3.8) is 0 Å². The Bertz CT molecular complexity index is 605. The van der Waals surface area contributed by atoms with Gasteiger partial charge in [0.15, 0.2) is 5.79 Å². The molecule has 2 bridgehead atoms. The van der Waals surface area contributed by atoms with E-state index in [0.717, 1.165) is 32.1 Å². The van der Waals surface area contributed by atoms with E-state index in [1.807, 2.05) is 0 Å². The molecule has 25 heavy (non-hydrogen) atoms. The first kappa shape index (κ1) is 16.7. The summed E-state index contributed by atoms with van der Waals surface area (Å²) in [5.41, 5.74) is 0.214. The Morgan fingerprint density at radius 1 is 1.24 bits per heavy atom. The number of Topliss-reactive ketones (excluding diaryl/α,β-unsaturated/α-hetero) is 1. The highest BCUT2D eigenvalue weighted by Gasteiger charge is 2.68. The van der Waals surface area contributed by atoms with Crippen molar-refractivity contribution in [1.82, 2.24) is 0 Å². The van der Waals surface area contributed by atoms with Crippen molar-refractivity contribution in [2.75, 3.05) is 6.61 Å². The summed E-state index contributed by atoms with van der Waals surface area (Å²) in [7, 11) is 0. The van der Waals surface area contributed by atoms with E-state index in [4.69, 9.17) is 4.74 Å². The first-order valence-electron chi connectivity index (χ1n) is 10.4. The van der Waals surface area contributed by atoms with Gasteiger partial charge in [-0.05, 0) is 67.6 Å². The summed E-state index contributed by atoms with van der Waals surface area (Å²) in [4.78, 5) is 12.7. The molecule has 0 aromatic carbocycles. The van der Waals surface area contributed by atoms with E-state index in [2.05, 4.69) is 13.8 Å². The van der Waals surface area contributed by atoms with Gasteiger partial charge in [-0.3, -0.25) is 4.79 Å². The summed E-state index contributed by atoms with van der Waals surface area (Å²) in [6.07, 6.45) is 6.89. The Hall–Kier alpha value is -0.450. The number of carbonyl (C=O) groups is 1. The zero-order chi connectivity index (χ0) is 17.6. The number of aliphatic hydroxyl groups is 2. The average molecular weight is 348 g/mol. The molecule has 1 spiro atoms. The van der Waals surface area contributed by atoms with E-state index in [1.165, 1.54) is 6.42 Å². The molecular weight excluding hydrogens is 316 g/mol. The van der Waals surface area contributed by atoms with Crippen LogP contribution in [-0.2, 0) is 9.53 Å². The highest BCUT2D eigenvalue weighted by atomic mass is 16.6. The molecule has 4 aliphatic carbocycles. The molecule has 0 amide bonds. The normalized spacial score (nSPS) is 60.1. The van der Waals surface area contributed by atoms with E-state index < -0.39 is 11.9 Å². The summed E-state index contributed by atoms with van der Waals surface area (Å²) in [5.74, 6) is 1.55. The van der Waals surface area contributed by atoms with Gasteiger partial charge in [-0.15, -0.1) is 0 Å². The monoisotopic (exact) mass is 348 g/mol. The van der Waals surface area contributed by atoms with Gasteiger partial charge in [0.05, 0.1) is 6.61 Å². The fourth-order valence-corrected chi connectivity index (χ4v) is 8.33. The third kappa shape index (κ3) is 1.92. The average Bonchev–Trinajstić information content (AvgIpc) is 3.02. The summed E-state index contributed by atoms with van der Waals surface area (Å²) >= 11 is 0. The molecule has 4 nitrogen and oxygen atoms in total. The van der Waals surface area contributed by atoms with Crippen LogP contribution in [0.3, 0.4) is 0 Å². The predicted molar refractivity (Wildman–Crippen MR) is 92.5 cm³/mol. The Balaban J connectivity index is 1.50. The van der Waals surface area contributed by atoms with E-state index >= 15 is 0 Å². The van der Waals surface area contributed by atoms with Crippen LogP contribution < -0.4 is 0 Å². The third-order valence-corrected chi connectivity index (χ3v) is 9.49. The molecule has 5 aliphatic rings. The number of carbonyl (C=O) groups excluding carboxylic acids is 1. The molecule has 4 saturated carbocycles.